The maximum Gasteiger partial charge on any atom is 0.0247 e. The van der Waals surface area contributed by atoms with Gasteiger partial charge in [-0.1, -0.05) is 44.6 Å². The molecule has 1 atom stereocenters. The summed E-state index contributed by atoms with van der Waals surface area (Å²) < 4.78 is 0. The molecule has 1 saturated carbocycles. The molecule has 1 rings (SSSR count). The molecule has 0 saturated heterocycles. The molecule has 76 valence electrons. The van der Waals surface area contributed by atoms with Gasteiger partial charge in [0, 0.05) is 6.04 Å². The van der Waals surface area contributed by atoms with E-state index in [1.807, 2.05) is 13.1 Å². The van der Waals surface area contributed by atoms with Gasteiger partial charge in [0.1, 0.15) is 0 Å². The van der Waals surface area contributed by atoms with Gasteiger partial charge in [0.25, 0.3) is 0 Å². The average Bonchev–Trinajstić information content (AvgIpc) is 2.42. The maximum atomic E-state index is 3.86. The van der Waals surface area contributed by atoms with Crippen molar-refractivity contribution < 1.29 is 0 Å². The Kier molecular flexibility index (Phi) is 5.14. The van der Waals surface area contributed by atoms with Crippen molar-refractivity contribution >= 4 is 0 Å². The highest BCUT2D eigenvalue weighted by molar-refractivity contribution is 4.86. The van der Waals surface area contributed by atoms with Gasteiger partial charge < -0.3 is 5.32 Å². The largest absolute Gasteiger partial charge is 0.314 e. The summed E-state index contributed by atoms with van der Waals surface area (Å²) in [4.78, 5) is 0. The number of rotatable bonds is 4. The van der Waals surface area contributed by atoms with Crippen LogP contribution in [0.5, 0.6) is 0 Å². The summed E-state index contributed by atoms with van der Waals surface area (Å²) in [6.45, 7) is 3.86. The SMILES string of the molecule is C=CC(CC1CCCCCC1)NC. The first-order valence-corrected chi connectivity index (χ1v) is 5.66. The number of hydrogen-bond donors (Lipinski definition) is 1. The molecule has 0 aliphatic heterocycles. The highest BCUT2D eigenvalue weighted by atomic mass is 14.9. The van der Waals surface area contributed by atoms with Crippen LogP contribution in [-0.4, -0.2) is 13.1 Å². The van der Waals surface area contributed by atoms with Crippen LogP contribution >= 0.6 is 0 Å². The number of hydrogen-bond acceptors (Lipinski definition) is 1. The molecule has 13 heavy (non-hydrogen) atoms. The summed E-state index contributed by atoms with van der Waals surface area (Å²) >= 11 is 0. The van der Waals surface area contributed by atoms with Crippen LogP contribution in [0.2, 0.25) is 0 Å². The lowest BCUT2D eigenvalue weighted by molar-refractivity contribution is 0.392. The molecule has 1 unspecified atom stereocenters. The quantitative estimate of drug-likeness (QED) is 0.519. The fourth-order valence-electron chi connectivity index (χ4n) is 2.29. The van der Waals surface area contributed by atoms with Crippen molar-refractivity contribution in [3.05, 3.63) is 12.7 Å². The second kappa shape index (κ2) is 6.20. The molecule has 0 aromatic heterocycles. The molecule has 0 heterocycles. The number of likely N-dealkylation sites (N-methyl/N-ethyl adjacent to an activating group) is 1. The van der Waals surface area contributed by atoms with Gasteiger partial charge in [0.15, 0.2) is 0 Å². The summed E-state index contributed by atoms with van der Waals surface area (Å²) in [5.74, 6) is 0.943. The summed E-state index contributed by atoms with van der Waals surface area (Å²) in [5, 5.41) is 3.30. The monoisotopic (exact) mass is 181 g/mol. The van der Waals surface area contributed by atoms with Crippen LogP contribution < -0.4 is 5.32 Å². The van der Waals surface area contributed by atoms with Gasteiger partial charge in [0.2, 0.25) is 0 Å². The Bertz CT molecular complexity index is 134. The van der Waals surface area contributed by atoms with Gasteiger partial charge >= 0.3 is 0 Å². The molecular formula is C12H23N. The van der Waals surface area contributed by atoms with Crippen molar-refractivity contribution in [3.63, 3.8) is 0 Å². The Hall–Kier alpha value is -0.300. The summed E-state index contributed by atoms with van der Waals surface area (Å²) in [5.41, 5.74) is 0. The Labute approximate surface area is 82.6 Å². The Balaban J connectivity index is 2.28. The zero-order valence-electron chi connectivity index (χ0n) is 8.89. The van der Waals surface area contributed by atoms with E-state index in [9.17, 15) is 0 Å². The zero-order valence-corrected chi connectivity index (χ0v) is 8.89. The Morgan fingerprint density at radius 3 is 2.38 bits per heavy atom. The van der Waals surface area contributed by atoms with Crippen molar-refractivity contribution in [3.8, 4) is 0 Å². The van der Waals surface area contributed by atoms with Crippen molar-refractivity contribution in [2.75, 3.05) is 7.05 Å². The van der Waals surface area contributed by atoms with Crippen LogP contribution in [0.15, 0.2) is 12.7 Å². The highest BCUT2D eigenvalue weighted by Crippen LogP contribution is 2.26. The highest BCUT2D eigenvalue weighted by Gasteiger charge is 2.14. The maximum absolute atomic E-state index is 3.86. The van der Waals surface area contributed by atoms with E-state index in [1.54, 1.807) is 0 Å². The standard InChI is InChI=1S/C12H23N/c1-3-12(13-2)10-11-8-6-4-5-7-9-11/h3,11-13H,1,4-10H2,2H3. The Morgan fingerprint density at radius 2 is 1.92 bits per heavy atom. The van der Waals surface area contributed by atoms with E-state index in [1.165, 1.54) is 44.9 Å². The fourth-order valence-corrected chi connectivity index (χ4v) is 2.29. The van der Waals surface area contributed by atoms with Crippen molar-refractivity contribution in [2.24, 2.45) is 5.92 Å². The molecule has 0 amide bonds. The lowest BCUT2D eigenvalue weighted by atomic mass is 9.93. The molecule has 0 spiro atoms. The van der Waals surface area contributed by atoms with E-state index in [0.29, 0.717) is 6.04 Å². The lowest BCUT2D eigenvalue weighted by Crippen LogP contribution is -2.25. The molecule has 1 N–H and O–H groups in total. The minimum absolute atomic E-state index is 0.531. The van der Waals surface area contributed by atoms with E-state index in [0.717, 1.165) is 5.92 Å². The Morgan fingerprint density at radius 1 is 1.31 bits per heavy atom. The van der Waals surface area contributed by atoms with E-state index < -0.39 is 0 Å². The molecule has 1 fully saturated rings. The van der Waals surface area contributed by atoms with Crippen LogP contribution in [-0.2, 0) is 0 Å². The second-order valence-corrected chi connectivity index (χ2v) is 4.22. The topological polar surface area (TPSA) is 12.0 Å². The van der Waals surface area contributed by atoms with Gasteiger partial charge in [-0.2, -0.15) is 0 Å². The molecule has 1 aliphatic rings. The first-order chi connectivity index (χ1) is 6.36. The van der Waals surface area contributed by atoms with Gasteiger partial charge in [-0.15, -0.1) is 6.58 Å². The third-order valence-corrected chi connectivity index (χ3v) is 3.22. The normalized spacial score (nSPS) is 22.2. The van der Waals surface area contributed by atoms with Gasteiger partial charge in [0.05, 0.1) is 0 Å². The third-order valence-electron chi connectivity index (χ3n) is 3.22. The molecule has 0 bridgehead atoms. The van der Waals surface area contributed by atoms with Crippen molar-refractivity contribution in [1.82, 2.24) is 5.32 Å². The summed E-state index contributed by atoms with van der Waals surface area (Å²) in [6.07, 6.45) is 12.0. The second-order valence-electron chi connectivity index (χ2n) is 4.22. The zero-order chi connectivity index (χ0) is 9.52. The average molecular weight is 181 g/mol. The van der Waals surface area contributed by atoms with Gasteiger partial charge in [-0.05, 0) is 19.4 Å². The van der Waals surface area contributed by atoms with E-state index in [-0.39, 0.29) is 0 Å². The minimum atomic E-state index is 0.531. The molecule has 0 aromatic carbocycles. The van der Waals surface area contributed by atoms with Crippen LogP contribution in [0.3, 0.4) is 0 Å². The van der Waals surface area contributed by atoms with Crippen LogP contribution in [0.1, 0.15) is 44.9 Å². The number of nitrogens with one attached hydrogen (secondary N) is 1. The predicted octanol–water partition coefficient (Wildman–Crippen LogP) is 3.12. The molecule has 0 radical (unpaired) electrons. The fraction of sp³-hybridized carbons (Fsp3) is 0.833. The van der Waals surface area contributed by atoms with E-state index in [2.05, 4.69) is 11.9 Å². The predicted molar refractivity (Wildman–Crippen MR) is 58.9 cm³/mol. The van der Waals surface area contributed by atoms with Gasteiger partial charge in [-0.25, -0.2) is 0 Å². The summed E-state index contributed by atoms with van der Waals surface area (Å²) in [7, 11) is 2.03. The van der Waals surface area contributed by atoms with E-state index in [4.69, 9.17) is 0 Å². The minimum Gasteiger partial charge on any atom is -0.314 e. The smallest absolute Gasteiger partial charge is 0.0247 e. The first-order valence-electron chi connectivity index (χ1n) is 5.66. The molecule has 0 aromatic rings. The first kappa shape index (κ1) is 10.8. The molecular weight excluding hydrogens is 158 g/mol. The van der Waals surface area contributed by atoms with Crippen LogP contribution in [0.4, 0.5) is 0 Å². The summed E-state index contributed by atoms with van der Waals surface area (Å²) in [6, 6.07) is 0.531. The van der Waals surface area contributed by atoms with Crippen molar-refractivity contribution in [2.45, 2.75) is 51.0 Å². The third kappa shape index (κ3) is 3.95. The van der Waals surface area contributed by atoms with Crippen LogP contribution in [0.25, 0.3) is 0 Å². The lowest BCUT2D eigenvalue weighted by Gasteiger charge is -2.19. The van der Waals surface area contributed by atoms with E-state index >= 15 is 0 Å². The molecule has 1 aliphatic carbocycles. The molecule has 1 nitrogen and oxygen atoms in total. The van der Waals surface area contributed by atoms with Gasteiger partial charge in [-0.3, -0.25) is 0 Å². The van der Waals surface area contributed by atoms with Crippen molar-refractivity contribution in [1.29, 1.82) is 0 Å². The molecule has 1 heteroatoms. The van der Waals surface area contributed by atoms with Crippen LogP contribution in [0, 0.1) is 5.92 Å².